The van der Waals surface area contributed by atoms with E-state index in [1.807, 2.05) is 6.92 Å². The summed E-state index contributed by atoms with van der Waals surface area (Å²) in [6.07, 6.45) is 3.81. The topological polar surface area (TPSA) is 96.7 Å². The maximum Gasteiger partial charge on any atom is 0.330 e. The molecule has 0 aromatic carbocycles. The zero-order valence-corrected chi connectivity index (χ0v) is 10.3. The monoisotopic (exact) mass is 260 g/mol. The molecule has 0 amide bonds. The second-order valence-electron chi connectivity index (χ2n) is 4.21. The lowest BCUT2D eigenvalue weighted by molar-refractivity contribution is 0.568. The number of fused-ring (bicyclic) bond motifs is 1. The van der Waals surface area contributed by atoms with E-state index < -0.39 is 11.2 Å². The van der Waals surface area contributed by atoms with E-state index in [1.54, 1.807) is 6.07 Å². The molecule has 0 aliphatic rings. The third-order valence-electron chi connectivity index (χ3n) is 2.87. The van der Waals surface area contributed by atoms with Crippen molar-refractivity contribution in [3.8, 4) is 11.4 Å². The molecule has 2 N–H and O–H groups in total. The van der Waals surface area contributed by atoms with Crippen molar-refractivity contribution in [1.82, 2.24) is 19.5 Å². The third-order valence-corrected chi connectivity index (χ3v) is 2.87. The quantitative estimate of drug-likeness (QED) is 0.736. The molecule has 3 heterocycles. The number of furan rings is 1. The molecule has 0 saturated heterocycles. The number of imidazole rings is 1. The van der Waals surface area contributed by atoms with Crippen molar-refractivity contribution in [3.63, 3.8) is 0 Å². The van der Waals surface area contributed by atoms with Gasteiger partial charge < -0.3 is 9.40 Å². The van der Waals surface area contributed by atoms with Crippen molar-refractivity contribution >= 4 is 11.2 Å². The summed E-state index contributed by atoms with van der Waals surface area (Å²) < 4.78 is 6.44. The van der Waals surface area contributed by atoms with Gasteiger partial charge in [0.15, 0.2) is 5.65 Å². The molecule has 3 aromatic heterocycles. The number of rotatable bonds is 3. The minimum Gasteiger partial charge on any atom is -0.472 e. The number of nitrogens with one attached hydrogen (secondary N) is 2. The molecule has 7 heteroatoms. The molecule has 98 valence electrons. The van der Waals surface area contributed by atoms with Gasteiger partial charge >= 0.3 is 5.69 Å². The first kappa shape index (κ1) is 11.5. The molecular weight excluding hydrogens is 248 g/mol. The van der Waals surface area contributed by atoms with Crippen molar-refractivity contribution in [3.05, 3.63) is 39.4 Å². The zero-order valence-electron chi connectivity index (χ0n) is 10.3. The van der Waals surface area contributed by atoms with Gasteiger partial charge in [0.1, 0.15) is 17.6 Å². The van der Waals surface area contributed by atoms with Crippen LogP contribution >= 0.6 is 0 Å². The van der Waals surface area contributed by atoms with E-state index in [1.165, 1.54) is 17.1 Å². The Balaban J connectivity index is 2.32. The van der Waals surface area contributed by atoms with Crippen LogP contribution in [0.15, 0.2) is 32.6 Å². The SMILES string of the molecule is CCCn1c(=O)[nH]c(=O)c2[nH]c(-c3ccoc3)nc21. The Kier molecular flexibility index (Phi) is 2.59. The van der Waals surface area contributed by atoms with Crippen molar-refractivity contribution in [1.29, 1.82) is 0 Å². The highest BCUT2D eigenvalue weighted by molar-refractivity contribution is 5.75. The van der Waals surface area contributed by atoms with Crippen LogP contribution in [-0.2, 0) is 6.54 Å². The van der Waals surface area contributed by atoms with Crippen molar-refractivity contribution < 1.29 is 4.42 Å². The van der Waals surface area contributed by atoms with Crippen LogP contribution in [0.4, 0.5) is 0 Å². The fourth-order valence-corrected chi connectivity index (χ4v) is 2.01. The van der Waals surface area contributed by atoms with Crippen LogP contribution in [-0.4, -0.2) is 19.5 Å². The van der Waals surface area contributed by atoms with Crippen LogP contribution in [0, 0.1) is 0 Å². The lowest BCUT2D eigenvalue weighted by Gasteiger charge is -2.02. The summed E-state index contributed by atoms with van der Waals surface area (Å²) >= 11 is 0. The smallest absolute Gasteiger partial charge is 0.330 e. The van der Waals surface area contributed by atoms with E-state index in [-0.39, 0.29) is 0 Å². The van der Waals surface area contributed by atoms with Gasteiger partial charge in [-0.05, 0) is 12.5 Å². The fourth-order valence-electron chi connectivity index (χ4n) is 2.01. The molecule has 19 heavy (non-hydrogen) atoms. The molecule has 0 aliphatic heterocycles. The molecule has 3 rings (SSSR count). The van der Waals surface area contributed by atoms with Gasteiger partial charge in [-0.2, -0.15) is 0 Å². The molecule has 0 spiro atoms. The van der Waals surface area contributed by atoms with Gasteiger partial charge in [0, 0.05) is 6.54 Å². The normalized spacial score (nSPS) is 11.2. The average Bonchev–Trinajstić information content (AvgIpc) is 3.02. The van der Waals surface area contributed by atoms with Crippen molar-refractivity contribution in [2.75, 3.05) is 0 Å². The Labute approximate surface area is 106 Å². The molecule has 0 unspecified atom stereocenters. The van der Waals surface area contributed by atoms with Crippen LogP contribution in [0.2, 0.25) is 0 Å². The summed E-state index contributed by atoms with van der Waals surface area (Å²) in [6.45, 7) is 2.45. The Hall–Kier alpha value is -2.57. The van der Waals surface area contributed by atoms with Gasteiger partial charge in [-0.15, -0.1) is 0 Å². The molecule has 0 radical (unpaired) electrons. The van der Waals surface area contributed by atoms with Gasteiger partial charge in [0.2, 0.25) is 0 Å². The van der Waals surface area contributed by atoms with E-state index >= 15 is 0 Å². The Morgan fingerprint density at radius 2 is 2.21 bits per heavy atom. The number of hydrogen-bond donors (Lipinski definition) is 2. The average molecular weight is 260 g/mol. The number of hydrogen-bond acceptors (Lipinski definition) is 4. The van der Waals surface area contributed by atoms with E-state index in [2.05, 4.69) is 15.0 Å². The number of aryl methyl sites for hydroxylation is 1. The van der Waals surface area contributed by atoms with E-state index in [0.29, 0.717) is 23.5 Å². The highest BCUT2D eigenvalue weighted by Crippen LogP contribution is 2.18. The number of H-pyrrole nitrogens is 2. The highest BCUT2D eigenvalue weighted by atomic mass is 16.3. The zero-order chi connectivity index (χ0) is 13.4. The molecule has 3 aromatic rings. The first-order valence-electron chi connectivity index (χ1n) is 5.96. The number of aromatic nitrogens is 4. The Bertz CT molecular complexity index is 823. The summed E-state index contributed by atoms with van der Waals surface area (Å²) in [5.74, 6) is 0.504. The van der Waals surface area contributed by atoms with E-state index in [9.17, 15) is 9.59 Å². The van der Waals surface area contributed by atoms with Crippen LogP contribution in [0.25, 0.3) is 22.6 Å². The van der Waals surface area contributed by atoms with E-state index in [0.717, 1.165) is 12.0 Å². The maximum absolute atomic E-state index is 11.8. The van der Waals surface area contributed by atoms with Crippen molar-refractivity contribution in [2.45, 2.75) is 19.9 Å². The van der Waals surface area contributed by atoms with E-state index in [4.69, 9.17) is 4.42 Å². The minimum absolute atomic E-state index is 0.296. The lowest BCUT2D eigenvalue weighted by atomic mass is 10.3. The molecule has 0 aliphatic carbocycles. The molecule has 0 saturated carbocycles. The van der Waals surface area contributed by atoms with Crippen LogP contribution < -0.4 is 11.2 Å². The summed E-state index contributed by atoms with van der Waals surface area (Å²) in [4.78, 5) is 33.1. The predicted octanol–water partition coefficient (Wildman–Crippen LogP) is 1.08. The molecule has 0 fully saturated rings. The Morgan fingerprint density at radius 3 is 2.89 bits per heavy atom. The number of nitrogens with zero attached hydrogens (tertiary/aromatic N) is 2. The second-order valence-corrected chi connectivity index (χ2v) is 4.21. The van der Waals surface area contributed by atoms with Crippen molar-refractivity contribution in [2.24, 2.45) is 0 Å². The number of aromatic amines is 2. The maximum atomic E-state index is 11.8. The third kappa shape index (κ3) is 1.79. The lowest BCUT2D eigenvalue weighted by Crippen LogP contribution is -2.30. The highest BCUT2D eigenvalue weighted by Gasteiger charge is 2.13. The van der Waals surface area contributed by atoms with Gasteiger partial charge in [-0.3, -0.25) is 14.3 Å². The van der Waals surface area contributed by atoms with Gasteiger partial charge in [-0.1, -0.05) is 6.92 Å². The van der Waals surface area contributed by atoms with Gasteiger partial charge in [0.25, 0.3) is 5.56 Å². The van der Waals surface area contributed by atoms with Gasteiger partial charge in [-0.25, -0.2) is 9.78 Å². The largest absolute Gasteiger partial charge is 0.472 e. The minimum atomic E-state index is -0.463. The van der Waals surface area contributed by atoms with Crippen LogP contribution in [0.3, 0.4) is 0 Å². The fraction of sp³-hybridized carbons (Fsp3) is 0.250. The van der Waals surface area contributed by atoms with Crippen LogP contribution in [0.1, 0.15) is 13.3 Å². The molecule has 0 bridgehead atoms. The molecular formula is C12H12N4O3. The standard InChI is InChI=1S/C12H12N4O3/c1-2-4-16-10-8(11(17)15-12(16)18)13-9(14-10)7-3-5-19-6-7/h3,5-6H,2,4H2,1H3,(H,13,14)(H,15,17,18). The molecule has 7 nitrogen and oxygen atoms in total. The summed E-state index contributed by atoms with van der Waals surface area (Å²) in [5.41, 5.74) is 0.487. The first-order valence-corrected chi connectivity index (χ1v) is 5.96. The summed E-state index contributed by atoms with van der Waals surface area (Å²) in [5, 5.41) is 0. The summed E-state index contributed by atoms with van der Waals surface area (Å²) in [6, 6.07) is 1.73. The first-order chi connectivity index (χ1) is 9.20. The predicted molar refractivity (Wildman–Crippen MR) is 69.0 cm³/mol. The second kappa shape index (κ2) is 4.27. The Morgan fingerprint density at radius 1 is 1.37 bits per heavy atom. The summed E-state index contributed by atoms with van der Waals surface area (Å²) in [7, 11) is 0. The van der Waals surface area contributed by atoms with Gasteiger partial charge in [0.05, 0.1) is 11.8 Å². The molecule has 0 atom stereocenters. The van der Waals surface area contributed by atoms with Crippen LogP contribution in [0.5, 0.6) is 0 Å².